The van der Waals surface area contributed by atoms with E-state index in [4.69, 9.17) is 4.98 Å². The highest BCUT2D eigenvalue weighted by Crippen LogP contribution is 2.36. The Kier molecular flexibility index (Phi) is 4.35. The number of aromatic nitrogens is 2. The minimum atomic E-state index is -0.0636. The molecule has 0 amide bonds. The molecule has 26 heavy (non-hydrogen) atoms. The van der Waals surface area contributed by atoms with Crippen LogP contribution in [0.5, 0.6) is 0 Å². The Morgan fingerprint density at radius 1 is 1.27 bits per heavy atom. The molecule has 2 atom stereocenters. The van der Waals surface area contributed by atoms with Crippen molar-refractivity contribution in [1.82, 2.24) is 9.97 Å². The van der Waals surface area contributed by atoms with Crippen LogP contribution in [0.3, 0.4) is 0 Å². The number of aryl methyl sites for hydroxylation is 3. The third kappa shape index (κ3) is 3.16. The summed E-state index contributed by atoms with van der Waals surface area (Å²) in [5.41, 5.74) is 4.73. The van der Waals surface area contributed by atoms with Crippen LogP contribution in [-0.2, 0) is 12.8 Å². The Labute approximate surface area is 157 Å². The van der Waals surface area contributed by atoms with Crippen LogP contribution in [0.4, 0.5) is 5.69 Å². The number of benzene rings is 1. The van der Waals surface area contributed by atoms with E-state index in [1.165, 1.54) is 21.6 Å². The molecule has 0 unspecified atom stereocenters. The number of nitrogens with zero attached hydrogens (tertiary/aromatic N) is 1. The first-order chi connectivity index (χ1) is 12.4. The quantitative estimate of drug-likeness (QED) is 0.692. The largest absolute Gasteiger partial charge is 0.375 e. The molecule has 2 heterocycles. The molecule has 0 radical (unpaired) electrons. The maximum Gasteiger partial charge on any atom is 0.259 e. The monoisotopic (exact) mass is 367 g/mol. The van der Waals surface area contributed by atoms with Crippen molar-refractivity contribution in [3.05, 3.63) is 55.9 Å². The van der Waals surface area contributed by atoms with Gasteiger partial charge in [-0.1, -0.05) is 13.0 Å². The molecule has 0 spiro atoms. The Morgan fingerprint density at radius 2 is 2.00 bits per heavy atom. The van der Waals surface area contributed by atoms with E-state index >= 15 is 0 Å². The summed E-state index contributed by atoms with van der Waals surface area (Å²) in [7, 11) is 0. The molecular weight excluding hydrogens is 342 g/mol. The molecule has 4 rings (SSSR count). The van der Waals surface area contributed by atoms with Gasteiger partial charge in [0.2, 0.25) is 0 Å². The van der Waals surface area contributed by atoms with Crippen LogP contribution in [-0.4, -0.2) is 9.97 Å². The van der Waals surface area contributed by atoms with Crippen LogP contribution in [0, 0.1) is 19.8 Å². The van der Waals surface area contributed by atoms with Crippen LogP contribution >= 0.6 is 11.3 Å². The molecule has 1 aliphatic rings. The van der Waals surface area contributed by atoms with Gasteiger partial charge in [-0.25, -0.2) is 4.98 Å². The highest BCUT2D eigenvalue weighted by atomic mass is 32.1. The molecule has 0 aliphatic heterocycles. The van der Waals surface area contributed by atoms with Crippen LogP contribution in [0.25, 0.3) is 10.2 Å². The van der Waals surface area contributed by atoms with E-state index in [1.54, 1.807) is 11.3 Å². The van der Waals surface area contributed by atoms with Gasteiger partial charge in [0.05, 0.1) is 11.4 Å². The standard InChI is InChI=1S/C21H25N3OS/c1-11-5-6-16-17(10-11)26-21-18(16)20(25)23-19(24-21)14(4)22-15-8-12(2)7-13(3)9-15/h7-9,11,14,22H,5-6,10H2,1-4H3,(H,23,24,25)/t11-,14-/m1/s1. The van der Waals surface area contributed by atoms with Gasteiger partial charge in [-0.15, -0.1) is 11.3 Å². The van der Waals surface area contributed by atoms with E-state index in [0.29, 0.717) is 11.7 Å². The molecule has 3 aromatic rings. The molecule has 136 valence electrons. The maximum absolute atomic E-state index is 12.8. The molecule has 2 aromatic heterocycles. The van der Waals surface area contributed by atoms with E-state index in [9.17, 15) is 4.79 Å². The van der Waals surface area contributed by atoms with E-state index < -0.39 is 0 Å². The zero-order chi connectivity index (χ0) is 18.4. The lowest BCUT2D eigenvalue weighted by atomic mass is 9.89. The van der Waals surface area contributed by atoms with Crippen molar-refractivity contribution in [3.8, 4) is 0 Å². The van der Waals surface area contributed by atoms with Gasteiger partial charge in [-0.2, -0.15) is 0 Å². The average molecular weight is 368 g/mol. The second-order valence-electron chi connectivity index (χ2n) is 7.73. The second-order valence-corrected chi connectivity index (χ2v) is 8.81. The summed E-state index contributed by atoms with van der Waals surface area (Å²) in [4.78, 5) is 22.8. The summed E-state index contributed by atoms with van der Waals surface area (Å²) < 4.78 is 0. The molecule has 2 N–H and O–H groups in total. The summed E-state index contributed by atoms with van der Waals surface area (Å²) in [5, 5.41) is 4.29. The van der Waals surface area contributed by atoms with Crippen molar-refractivity contribution in [2.24, 2.45) is 5.92 Å². The average Bonchev–Trinajstić information content (AvgIpc) is 2.91. The first kappa shape index (κ1) is 17.3. The van der Waals surface area contributed by atoms with Crippen LogP contribution in [0.15, 0.2) is 23.0 Å². The van der Waals surface area contributed by atoms with Gasteiger partial charge in [-0.3, -0.25) is 4.79 Å². The van der Waals surface area contributed by atoms with E-state index in [2.05, 4.69) is 49.3 Å². The summed E-state index contributed by atoms with van der Waals surface area (Å²) in [5.74, 6) is 1.40. The van der Waals surface area contributed by atoms with Crippen molar-refractivity contribution >= 4 is 27.2 Å². The normalized spacial score (nSPS) is 17.9. The Balaban J connectivity index is 1.69. The van der Waals surface area contributed by atoms with Gasteiger partial charge >= 0.3 is 0 Å². The fourth-order valence-corrected chi connectivity index (χ4v) is 5.34. The zero-order valence-corrected chi connectivity index (χ0v) is 16.6. The van der Waals surface area contributed by atoms with E-state index in [0.717, 1.165) is 35.2 Å². The lowest BCUT2D eigenvalue weighted by Crippen LogP contribution is -2.18. The molecule has 4 nitrogen and oxygen atoms in total. The summed E-state index contributed by atoms with van der Waals surface area (Å²) in [6.07, 6.45) is 3.23. The minimum Gasteiger partial charge on any atom is -0.375 e. The Bertz CT molecular complexity index is 1010. The maximum atomic E-state index is 12.8. The minimum absolute atomic E-state index is 0.00567. The number of aromatic amines is 1. The highest BCUT2D eigenvalue weighted by Gasteiger charge is 2.23. The van der Waals surface area contributed by atoms with Crippen LogP contribution in [0.2, 0.25) is 0 Å². The van der Waals surface area contributed by atoms with Crippen LogP contribution in [0.1, 0.15) is 53.7 Å². The molecule has 0 saturated carbocycles. The van der Waals surface area contributed by atoms with Gasteiger partial charge < -0.3 is 10.3 Å². The number of rotatable bonds is 3. The van der Waals surface area contributed by atoms with Crippen molar-refractivity contribution in [1.29, 1.82) is 0 Å². The molecule has 5 heteroatoms. The van der Waals surface area contributed by atoms with Gasteiger partial charge in [0.15, 0.2) is 0 Å². The lowest BCUT2D eigenvalue weighted by molar-refractivity contribution is 0.509. The number of hydrogen-bond acceptors (Lipinski definition) is 4. The third-order valence-corrected chi connectivity index (χ3v) is 6.35. The van der Waals surface area contributed by atoms with Crippen molar-refractivity contribution < 1.29 is 0 Å². The topological polar surface area (TPSA) is 57.8 Å². The number of fused-ring (bicyclic) bond motifs is 3. The fourth-order valence-electron chi connectivity index (χ4n) is 3.95. The number of hydrogen-bond donors (Lipinski definition) is 2. The fraction of sp³-hybridized carbons (Fsp3) is 0.429. The van der Waals surface area contributed by atoms with Crippen molar-refractivity contribution in [3.63, 3.8) is 0 Å². The molecule has 1 aliphatic carbocycles. The summed E-state index contributed by atoms with van der Waals surface area (Å²) in [6.45, 7) is 8.50. The van der Waals surface area contributed by atoms with Crippen LogP contribution < -0.4 is 10.9 Å². The number of nitrogens with one attached hydrogen (secondary N) is 2. The molecule has 0 bridgehead atoms. The molecule has 0 saturated heterocycles. The smallest absolute Gasteiger partial charge is 0.259 e. The number of H-pyrrole nitrogens is 1. The summed E-state index contributed by atoms with van der Waals surface area (Å²) in [6, 6.07) is 6.32. The van der Waals surface area contributed by atoms with E-state index in [-0.39, 0.29) is 11.6 Å². The molecular formula is C21H25N3OS. The Hall–Kier alpha value is -2.14. The first-order valence-electron chi connectivity index (χ1n) is 9.30. The van der Waals surface area contributed by atoms with Crippen molar-refractivity contribution in [2.45, 2.75) is 53.0 Å². The summed E-state index contributed by atoms with van der Waals surface area (Å²) >= 11 is 1.70. The molecule has 1 aromatic carbocycles. The van der Waals surface area contributed by atoms with Gasteiger partial charge in [0.25, 0.3) is 5.56 Å². The Morgan fingerprint density at radius 3 is 2.73 bits per heavy atom. The van der Waals surface area contributed by atoms with Crippen molar-refractivity contribution in [2.75, 3.05) is 5.32 Å². The van der Waals surface area contributed by atoms with Gasteiger partial charge in [0, 0.05) is 10.6 Å². The SMILES string of the molecule is Cc1cc(C)cc(N[C@H](C)c2nc3sc4c(c3c(=O)[nH]2)CC[C@@H](C)C4)c1. The molecule has 0 fully saturated rings. The van der Waals surface area contributed by atoms with Gasteiger partial charge in [-0.05, 0) is 74.8 Å². The highest BCUT2D eigenvalue weighted by molar-refractivity contribution is 7.18. The van der Waals surface area contributed by atoms with E-state index in [1.807, 2.05) is 6.92 Å². The predicted molar refractivity (Wildman–Crippen MR) is 109 cm³/mol. The second kappa shape index (κ2) is 6.54. The first-order valence-corrected chi connectivity index (χ1v) is 10.1. The number of thiophene rings is 1. The zero-order valence-electron chi connectivity index (χ0n) is 15.8. The van der Waals surface area contributed by atoms with Gasteiger partial charge in [0.1, 0.15) is 10.7 Å². The number of anilines is 1. The third-order valence-electron chi connectivity index (χ3n) is 5.20. The predicted octanol–water partition coefficient (Wildman–Crippen LogP) is 4.90. The lowest BCUT2D eigenvalue weighted by Gasteiger charge is -2.17.